The number of hydrogen-bond acceptors (Lipinski definition) is 9. The topological polar surface area (TPSA) is 122 Å². The average molecular weight is 695 g/mol. The number of ketones is 1. The summed E-state index contributed by atoms with van der Waals surface area (Å²) in [7, 11) is 0. The molecular formula is C41H58O9. The van der Waals surface area contributed by atoms with E-state index in [2.05, 4.69) is 0 Å². The molecule has 0 amide bonds. The van der Waals surface area contributed by atoms with Gasteiger partial charge in [0.2, 0.25) is 0 Å². The molecule has 0 unspecified atom stereocenters. The van der Waals surface area contributed by atoms with Gasteiger partial charge in [0.25, 0.3) is 0 Å². The fraction of sp³-hybridized carbons (Fsp3) is 0.585. The Morgan fingerprint density at radius 1 is 0.420 bits per heavy atom. The first-order valence-electron chi connectivity index (χ1n) is 17.9. The van der Waals surface area contributed by atoms with Gasteiger partial charge in [-0.25, -0.2) is 19.2 Å². The number of esters is 4. The van der Waals surface area contributed by atoms with Crippen LogP contribution in [-0.2, 0) is 18.9 Å². The van der Waals surface area contributed by atoms with Crippen LogP contribution in [0.1, 0.15) is 192 Å². The number of carbonyl (C=O) groups is 5. The van der Waals surface area contributed by atoms with Gasteiger partial charge in [0.1, 0.15) is 22.4 Å². The van der Waals surface area contributed by atoms with Crippen molar-refractivity contribution < 1.29 is 42.9 Å². The Balaban J connectivity index is 2.69. The molecule has 0 saturated carbocycles. The lowest BCUT2D eigenvalue weighted by Crippen LogP contribution is -2.31. The number of ether oxygens (including phenoxy) is 4. The highest BCUT2D eigenvalue weighted by Gasteiger charge is 2.32. The third kappa shape index (κ3) is 12.1. The van der Waals surface area contributed by atoms with Crippen LogP contribution in [0.25, 0.3) is 0 Å². The molecule has 0 atom stereocenters. The second-order valence-electron chi connectivity index (χ2n) is 15.4. The lowest BCUT2D eigenvalue weighted by atomic mass is 9.94. The van der Waals surface area contributed by atoms with Crippen LogP contribution in [0, 0.1) is 0 Å². The van der Waals surface area contributed by atoms with E-state index in [1.807, 2.05) is 27.7 Å². The Bertz CT molecular complexity index is 1430. The van der Waals surface area contributed by atoms with Crippen LogP contribution in [0.4, 0.5) is 0 Å². The SMILES string of the molecule is CCCC(C)(C)OC(=O)c1ccc(C(=O)c2ccc(C(=O)OC(C)(C)CCC)c(C(=O)OC(C)(C)CCC)c2)cc1C(=O)OC(C)(C)CCC. The summed E-state index contributed by atoms with van der Waals surface area (Å²) in [6.45, 7) is 22.2. The zero-order valence-corrected chi connectivity index (χ0v) is 32.3. The van der Waals surface area contributed by atoms with Gasteiger partial charge in [-0.1, -0.05) is 65.5 Å². The second kappa shape index (κ2) is 17.3. The van der Waals surface area contributed by atoms with Gasteiger partial charge in [-0.15, -0.1) is 0 Å². The van der Waals surface area contributed by atoms with E-state index < -0.39 is 52.1 Å². The molecule has 9 nitrogen and oxygen atoms in total. The minimum atomic E-state index is -0.828. The molecule has 0 aliphatic carbocycles. The number of benzene rings is 2. The fourth-order valence-electron chi connectivity index (χ4n) is 6.07. The lowest BCUT2D eigenvalue weighted by molar-refractivity contribution is -0.00956. The van der Waals surface area contributed by atoms with E-state index in [4.69, 9.17) is 18.9 Å². The van der Waals surface area contributed by atoms with Crippen molar-refractivity contribution in [2.75, 3.05) is 0 Å². The lowest BCUT2D eigenvalue weighted by Gasteiger charge is -2.27. The summed E-state index contributed by atoms with van der Waals surface area (Å²) in [5.74, 6) is -3.51. The number of hydrogen-bond donors (Lipinski definition) is 0. The van der Waals surface area contributed by atoms with Crippen LogP contribution >= 0.6 is 0 Å². The normalized spacial score (nSPS) is 12.2. The largest absolute Gasteiger partial charge is 0.456 e. The van der Waals surface area contributed by atoms with Gasteiger partial charge in [-0.3, -0.25) is 4.79 Å². The smallest absolute Gasteiger partial charge is 0.339 e. The van der Waals surface area contributed by atoms with Gasteiger partial charge >= 0.3 is 23.9 Å². The van der Waals surface area contributed by atoms with Crippen molar-refractivity contribution in [1.29, 1.82) is 0 Å². The third-order valence-electron chi connectivity index (χ3n) is 8.33. The van der Waals surface area contributed by atoms with Crippen LogP contribution in [-0.4, -0.2) is 52.1 Å². The van der Waals surface area contributed by atoms with E-state index in [9.17, 15) is 24.0 Å². The molecule has 0 N–H and O–H groups in total. The van der Waals surface area contributed by atoms with E-state index in [-0.39, 0.29) is 33.4 Å². The molecule has 0 saturated heterocycles. The Hall–Kier alpha value is -4.01. The van der Waals surface area contributed by atoms with Crippen LogP contribution in [0.5, 0.6) is 0 Å². The van der Waals surface area contributed by atoms with Crippen molar-refractivity contribution in [1.82, 2.24) is 0 Å². The first kappa shape index (κ1) is 42.2. The molecule has 0 aliphatic rings. The van der Waals surface area contributed by atoms with Crippen molar-refractivity contribution in [3.05, 3.63) is 69.8 Å². The minimum absolute atomic E-state index is 0.0294. The van der Waals surface area contributed by atoms with Gasteiger partial charge in [-0.05, 0) is 105 Å². The molecule has 276 valence electrons. The summed E-state index contributed by atoms with van der Waals surface area (Å²) in [5, 5.41) is 0. The zero-order valence-electron chi connectivity index (χ0n) is 32.3. The monoisotopic (exact) mass is 694 g/mol. The summed E-state index contributed by atoms with van der Waals surface area (Å²) in [5.41, 5.74) is -3.37. The van der Waals surface area contributed by atoms with E-state index >= 15 is 0 Å². The van der Waals surface area contributed by atoms with Crippen molar-refractivity contribution in [2.45, 2.75) is 157 Å². The first-order valence-corrected chi connectivity index (χ1v) is 17.9. The molecule has 50 heavy (non-hydrogen) atoms. The average Bonchev–Trinajstić information content (AvgIpc) is 2.98. The number of rotatable bonds is 18. The molecule has 0 fully saturated rings. The summed E-state index contributed by atoms with van der Waals surface area (Å²) < 4.78 is 23.2. The Morgan fingerprint density at radius 3 is 0.900 bits per heavy atom. The Labute approximate surface area is 298 Å². The third-order valence-corrected chi connectivity index (χ3v) is 8.33. The van der Waals surface area contributed by atoms with Gasteiger partial charge in [0.15, 0.2) is 5.78 Å². The molecule has 2 rings (SSSR count). The van der Waals surface area contributed by atoms with E-state index in [1.165, 1.54) is 36.4 Å². The molecular weight excluding hydrogens is 636 g/mol. The van der Waals surface area contributed by atoms with Crippen LogP contribution in [0.15, 0.2) is 36.4 Å². The molecule has 0 bridgehead atoms. The maximum Gasteiger partial charge on any atom is 0.339 e. The fourth-order valence-corrected chi connectivity index (χ4v) is 6.07. The molecule has 0 heterocycles. The molecule has 0 aromatic heterocycles. The molecule has 2 aromatic rings. The van der Waals surface area contributed by atoms with E-state index in [0.29, 0.717) is 25.7 Å². The van der Waals surface area contributed by atoms with Gasteiger partial charge < -0.3 is 18.9 Å². The molecule has 2 aromatic carbocycles. The standard InChI is InChI=1S/C41H58O9/c1-13-21-38(5,6)47-34(43)29-19-17-27(25-31(29)36(45)49-40(9,10)23-15-3)33(42)28-18-20-30(35(44)48-39(7,8)22-14-2)32(26-28)37(46)50-41(11,12)24-16-4/h17-20,25-26H,13-16,21-24H2,1-12H3. The van der Waals surface area contributed by atoms with Gasteiger partial charge in [0.05, 0.1) is 22.3 Å². The maximum absolute atomic E-state index is 14.0. The molecule has 0 radical (unpaired) electrons. The predicted octanol–water partition coefficient (Wildman–Crippen LogP) is 9.86. The molecule has 0 spiro atoms. The number of carbonyl (C=O) groups excluding carboxylic acids is 5. The highest BCUT2D eigenvalue weighted by molar-refractivity contribution is 6.13. The summed E-state index contributed by atoms with van der Waals surface area (Å²) in [4.78, 5) is 68.1. The Morgan fingerprint density at radius 2 is 0.660 bits per heavy atom. The quantitative estimate of drug-likeness (QED) is 0.0852. The predicted molar refractivity (Wildman–Crippen MR) is 194 cm³/mol. The van der Waals surface area contributed by atoms with Crippen LogP contribution in [0.2, 0.25) is 0 Å². The van der Waals surface area contributed by atoms with Gasteiger partial charge in [0, 0.05) is 11.1 Å². The van der Waals surface area contributed by atoms with E-state index in [0.717, 1.165) is 25.7 Å². The summed E-state index contributed by atoms with van der Waals surface area (Å²) in [6.07, 6.45) is 5.48. The summed E-state index contributed by atoms with van der Waals surface area (Å²) >= 11 is 0. The van der Waals surface area contributed by atoms with Crippen molar-refractivity contribution in [3.8, 4) is 0 Å². The zero-order chi connectivity index (χ0) is 38.1. The van der Waals surface area contributed by atoms with Crippen molar-refractivity contribution in [3.63, 3.8) is 0 Å². The van der Waals surface area contributed by atoms with Crippen LogP contribution < -0.4 is 0 Å². The Kier molecular flexibility index (Phi) is 14.6. The summed E-state index contributed by atoms with van der Waals surface area (Å²) in [6, 6.07) is 8.24. The van der Waals surface area contributed by atoms with Crippen molar-refractivity contribution in [2.24, 2.45) is 0 Å². The van der Waals surface area contributed by atoms with Crippen molar-refractivity contribution >= 4 is 29.7 Å². The highest BCUT2D eigenvalue weighted by atomic mass is 16.6. The minimum Gasteiger partial charge on any atom is -0.456 e. The van der Waals surface area contributed by atoms with Crippen LogP contribution in [0.3, 0.4) is 0 Å². The maximum atomic E-state index is 14.0. The first-order chi connectivity index (χ1) is 23.1. The van der Waals surface area contributed by atoms with E-state index in [1.54, 1.807) is 55.4 Å². The molecule has 9 heteroatoms. The highest BCUT2D eigenvalue weighted by Crippen LogP contribution is 2.28. The second-order valence-corrected chi connectivity index (χ2v) is 15.4. The van der Waals surface area contributed by atoms with Gasteiger partial charge in [-0.2, -0.15) is 0 Å². The molecule has 0 aliphatic heterocycles.